The van der Waals surface area contributed by atoms with Gasteiger partial charge >= 0.3 is 0 Å². The Morgan fingerprint density at radius 2 is 1.86 bits per heavy atom. The molecule has 2 aromatic carbocycles. The van der Waals surface area contributed by atoms with Gasteiger partial charge in [0.05, 0.1) is 0 Å². The number of ether oxygens (including phenoxy) is 1. The van der Waals surface area contributed by atoms with Crippen molar-refractivity contribution in [1.29, 1.82) is 0 Å². The largest absolute Gasteiger partial charge is 0.378 e. The number of benzene rings is 2. The molecule has 3 rings (SSSR count). The first-order valence-corrected chi connectivity index (χ1v) is 9.48. The van der Waals surface area contributed by atoms with Crippen molar-refractivity contribution < 1.29 is 14.3 Å². The van der Waals surface area contributed by atoms with Crippen molar-refractivity contribution in [2.45, 2.75) is 25.5 Å². The van der Waals surface area contributed by atoms with Gasteiger partial charge in [0.25, 0.3) is 11.8 Å². The Bertz CT molecular complexity index is 827. The molecular formula is C22H27N3O3. The molecule has 1 saturated heterocycles. The number of nitrogens with zero attached hydrogens (tertiary/aromatic N) is 2. The van der Waals surface area contributed by atoms with E-state index in [0.29, 0.717) is 24.4 Å². The molecule has 1 N–H and O–H groups in total. The number of carbonyl (C=O) groups is 2. The van der Waals surface area contributed by atoms with E-state index in [1.54, 1.807) is 36.2 Å². The molecule has 0 aromatic heterocycles. The number of hydrogen-bond donors (Lipinski definition) is 1. The number of amides is 2. The summed E-state index contributed by atoms with van der Waals surface area (Å²) in [5.41, 5.74) is 3.32. The van der Waals surface area contributed by atoms with Crippen LogP contribution in [0.1, 0.15) is 28.8 Å². The van der Waals surface area contributed by atoms with Gasteiger partial charge in [-0.05, 0) is 48.7 Å². The van der Waals surface area contributed by atoms with E-state index in [1.165, 1.54) is 0 Å². The maximum atomic E-state index is 12.8. The van der Waals surface area contributed by atoms with E-state index in [0.717, 1.165) is 24.1 Å². The summed E-state index contributed by atoms with van der Waals surface area (Å²) < 4.78 is 5.40. The SMILES string of the molecule is CN(Cc1ccc(N(C)C)cc1)C(=O)c1cccc(NC(=O)[C@@H]2CCCO2)c1. The quantitative estimate of drug-likeness (QED) is 0.835. The molecular weight excluding hydrogens is 354 g/mol. The van der Waals surface area contributed by atoms with E-state index in [4.69, 9.17) is 4.74 Å². The average Bonchev–Trinajstić information content (AvgIpc) is 3.23. The lowest BCUT2D eigenvalue weighted by atomic mass is 10.1. The fraction of sp³-hybridized carbons (Fsp3) is 0.364. The molecule has 0 aliphatic carbocycles. The predicted molar refractivity (Wildman–Crippen MR) is 111 cm³/mol. The van der Waals surface area contributed by atoms with Crippen LogP contribution in [-0.2, 0) is 16.1 Å². The first-order chi connectivity index (χ1) is 13.4. The fourth-order valence-electron chi connectivity index (χ4n) is 3.20. The lowest BCUT2D eigenvalue weighted by Crippen LogP contribution is -2.28. The third-order valence-corrected chi connectivity index (χ3v) is 4.82. The molecule has 1 atom stereocenters. The lowest BCUT2D eigenvalue weighted by Gasteiger charge is -2.19. The van der Waals surface area contributed by atoms with Crippen molar-refractivity contribution >= 4 is 23.2 Å². The summed E-state index contributed by atoms with van der Waals surface area (Å²) in [7, 11) is 5.77. The summed E-state index contributed by atoms with van der Waals surface area (Å²) in [6.45, 7) is 1.13. The molecule has 1 heterocycles. The number of rotatable bonds is 6. The van der Waals surface area contributed by atoms with Gasteiger partial charge in [-0.1, -0.05) is 18.2 Å². The first-order valence-electron chi connectivity index (χ1n) is 9.48. The summed E-state index contributed by atoms with van der Waals surface area (Å²) in [5, 5.41) is 2.85. The Balaban J connectivity index is 1.63. The standard InChI is InChI=1S/C22H27N3O3/c1-24(2)19-11-9-16(10-12-19)15-25(3)22(27)17-6-4-7-18(14-17)23-21(26)20-8-5-13-28-20/h4,6-7,9-12,14,20H,5,8,13,15H2,1-3H3,(H,23,26)/t20-/m0/s1. The van der Waals surface area contributed by atoms with Crippen LogP contribution >= 0.6 is 0 Å². The maximum absolute atomic E-state index is 12.8. The van der Waals surface area contributed by atoms with Crippen LogP contribution in [0.5, 0.6) is 0 Å². The van der Waals surface area contributed by atoms with Gasteiger partial charge in [0.15, 0.2) is 0 Å². The van der Waals surface area contributed by atoms with Gasteiger partial charge in [-0.15, -0.1) is 0 Å². The van der Waals surface area contributed by atoms with Crippen molar-refractivity contribution in [3.8, 4) is 0 Å². The maximum Gasteiger partial charge on any atom is 0.253 e. The Labute approximate surface area is 166 Å². The van der Waals surface area contributed by atoms with E-state index in [1.807, 2.05) is 43.3 Å². The zero-order valence-electron chi connectivity index (χ0n) is 16.6. The normalized spacial score (nSPS) is 15.9. The molecule has 0 unspecified atom stereocenters. The zero-order chi connectivity index (χ0) is 20.1. The number of anilines is 2. The fourth-order valence-corrected chi connectivity index (χ4v) is 3.20. The Kier molecular flexibility index (Phi) is 6.31. The highest BCUT2D eigenvalue weighted by Crippen LogP contribution is 2.18. The smallest absolute Gasteiger partial charge is 0.253 e. The minimum Gasteiger partial charge on any atom is -0.378 e. The number of carbonyl (C=O) groups excluding carboxylic acids is 2. The molecule has 1 fully saturated rings. The third kappa shape index (κ3) is 4.89. The molecule has 1 aliphatic rings. The molecule has 2 amide bonds. The Morgan fingerprint density at radius 3 is 2.50 bits per heavy atom. The Hall–Kier alpha value is -2.86. The van der Waals surface area contributed by atoms with Crippen LogP contribution in [-0.4, -0.2) is 50.6 Å². The van der Waals surface area contributed by atoms with Gasteiger partial charge in [-0.3, -0.25) is 9.59 Å². The van der Waals surface area contributed by atoms with E-state index in [2.05, 4.69) is 5.32 Å². The van der Waals surface area contributed by atoms with E-state index in [9.17, 15) is 9.59 Å². The summed E-state index contributed by atoms with van der Waals surface area (Å²) >= 11 is 0. The predicted octanol–water partition coefficient (Wildman–Crippen LogP) is 3.14. The highest BCUT2D eigenvalue weighted by molar-refractivity contribution is 5.98. The second kappa shape index (κ2) is 8.89. The lowest BCUT2D eigenvalue weighted by molar-refractivity contribution is -0.124. The van der Waals surface area contributed by atoms with Gasteiger partial charge in [0, 0.05) is 51.2 Å². The van der Waals surface area contributed by atoms with Gasteiger partial charge < -0.3 is 19.9 Å². The van der Waals surface area contributed by atoms with Crippen molar-refractivity contribution in [3.05, 3.63) is 59.7 Å². The van der Waals surface area contributed by atoms with Gasteiger partial charge in [-0.2, -0.15) is 0 Å². The van der Waals surface area contributed by atoms with Crippen LogP contribution < -0.4 is 10.2 Å². The van der Waals surface area contributed by atoms with Crippen LogP contribution in [0.15, 0.2) is 48.5 Å². The molecule has 1 aliphatic heterocycles. The van der Waals surface area contributed by atoms with Crippen LogP contribution in [0, 0.1) is 0 Å². The number of hydrogen-bond acceptors (Lipinski definition) is 4. The molecule has 0 bridgehead atoms. The highest BCUT2D eigenvalue weighted by Gasteiger charge is 2.23. The van der Waals surface area contributed by atoms with Gasteiger partial charge in [0.1, 0.15) is 6.10 Å². The molecule has 28 heavy (non-hydrogen) atoms. The van der Waals surface area contributed by atoms with E-state index in [-0.39, 0.29) is 11.8 Å². The van der Waals surface area contributed by atoms with E-state index >= 15 is 0 Å². The summed E-state index contributed by atoms with van der Waals surface area (Å²) in [6.07, 6.45) is 1.24. The topological polar surface area (TPSA) is 61.9 Å². The van der Waals surface area contributed by atoms with Crippen molar-refractivity contribution in [3.63, 3.8) is 0 Å². The van der Waals surface area contributed by atoms with Crippen LogP contribution in [0.4, 0.5) is 11.4 Å². The molecule has 0 spiro atoms. The summed E-state index contributed by atoms with van der Waals surface area (Å²) in [5.74, 6) is -0.249. The van der Waals surface area contributed by atoms with Crippen molar-refractivity contribution in [2.24, 2.45) is 0 Å². The Morgan fingerprint density at radius 1 is 1.11 bits per heavy atom. The molecule has 0 saturated carbocycles. The minimum atomic E-state index is -0.396. The van der Waals surface area contributed by atoms with Crippen molar-refractivity contribution in [1.82, 2.24) is 4.90 Å². The second-order valence-electron chi connectivity index (χ2n) is 7.29. The van der Waals surface area contributed by atoms with Gasteiger partial charge in [0.2, 0.25) is 0 Å². The molecule has 6 heteroatoms. The average molecular weight is 381 g/mol. The first kappa shape index (κ1) is 19.9. The molecule has 148 valence electrons. The zero-order valence-corrected chi connectivity index (χ0v) is 16.6. The summed E-state index contributed by atoms with van der Waals surface area (Å²) in [6, 6.07) is 15.1. The van der Waals surface area contributed by atoms with Crippen molar-refractivity contribution in [2.75, 3.05) is 38.0 Å². The van der Waals surface area contributed by atoms with Crippen LogP contribution in [0.3, 0.4) is 0 Å². The molecule has 0 radical (unpaired) electrons. The monoisotopic (exact) mass is 381 g/mol. The second-order valence-corrected chi connectivity index (χ2v) is 7.29. The summed E-state index contributed by atoms with van der Waals surface area (Å²) in [4.78, 5) is 28.7. The third-order valence-electron chi connectivity index (χ3n) is 4.82. The number of nitrogens with one attached hydrogen (secondary N) is 1. The van der Waals surface area contributed by atoms with Crippen LogP contribution in [0.2, 0.25) is 0 Å². The minimum absolute atomic E-state index is 0.0927. The van der Waals surface area contributed by atoms with Gasteiger partial charge in [-0.25, -0.2) is 0 Å². The highest BCUT2D eigenvalue weighted by atomic mass is 16.5. The molecule has 2 aromatic rings. The molecule has 6 nitrogen and oxygen atoms in total. The van der Waals surface area contributed by atoms with Crippen LogP contribution in [0.25, 0.3) is 0 Å². The van der Waals surface area contributed by atoms with E-state index < -0.39 is 6.10 Å².